The van der Waals surface area contributed by atoms with Gasteiger partial charge in [-0.25, -0.2) is 9.97 Å². The summed E-state index contributed by atoms with van der Waals surface area (Å²) in [6.45, 7) is 11.0. The average Bonchev–Trinajstić information content (AvgIpc) is 3.89. The molecule has 0 radical (unpaired) electrons. The first-order valence-corrected chi connectivity index (χ1v) is 17.2. The normalized spacial score (nSPS) is 17.0. The van der Waals surface area contributed by atoms with E-state index >= 15 is 0 Å². The Balaban J connectivity index is 0.000000149. The van der Waals surface area contributed by atoms with Gasteiger partial charge < -0.3 is 23.4 Å². The fraction of sp³-hybridized carbons (Fsp3) is 0.268. The molecule has 4 aromatic heterocycles. The van der Waals surface area contributed by atoms with Crippen molar-refractivity contribution in [1.82, 2.24) is 19.9 Å². The Morgan fingerprint density at radius 1 is 0.673 bits per heavy atom. The molecule has 262 valence electrons. The van der Waals surface area contributed by atoms with Crippen molar-refractivity contribution in [3.05, 3.63) is 108 Å². The van der Waals surface area contributed by atoms with Gasteiger partial charge in [0.2, 0.25) is 23.6 Å². The quantitative estimate of drug-likeness (QED) is 0.181. The second-order valence-electron chi connectivity index (χ2n) is 14.4. The maximum atomic E-state index is 13.0. The molecule has 52 heavy (non-hydrogen) atoms. The van der Waals surface area contributed by atoms with Crippen molar-refractivity contribution in [2.75, 3.05) is 30.1 Å². The van der Waals surface area contributed by atoms with Crippen molar-refractivity contribution in [3.63, 3.8) is 0 Å². The Morgan fingerprint density at radius 2 is 1.29 bits per heavy atom. The number of oxazole rings is 2. The molecule has 1 saturated heterocycles. The van der Waals surface area contributed by atoms with Crippen LogP contribution in [0.1, 0.15) is 44.5 Å². The summed E-state index contributed by atoms with van der Waals surface area (Å²) < 4.78 is 17.2. The Bertz CT molecular complexity index is 2340. The minimum absolute atomic E-state index is 0.102. The van der Waals surface area contributed by atoms with Crippen LogP contribution < -0.4 is 9.80 Å². The van der Waals surface area contributed by atoms with E-state index in [4.69, 9.17) is 13.6 Å². The van der Waals surface area contributed by atoms with Gasteiger partial charge in [-0.05, 0) is 82.1 Å². The van der Waals surface area contributed by atoms with Gasteiger partial charge in [-0.3, -0.25) is 19.6 Å². The third kappa shape index (κ3) is 5.48. The van der Waals surface area contributed by atoms with E-state index < -0.39 is 10.8 Å². The molecular weight excluding hydrogens is 656 g/mol. The number of amides is 2. The number of likely N-dealkylation sites (N-methyl/N-ethyl adjacent to an activating group) is 1. The number of hydrogen-bond donors (Lipinski definition) is 0. The maximum absolute atomic E-state index is 13.0. The largest absolute Gasteiger partial charge is 0.436 e. The summed E-state index contributed by atoms with van der Waals surface area (Å²) >= 11 is 0. The van der Waals surface area contributed by atoms with E-state index in [-0.39, 0.29) is 17.9 Å². The van der Waals surface area contributed by atoms with Crippen LogP contribution in [0.5, 0.6) is 0 Å². The zero-order chi connectivity index (χ0) is 36.4. The smallest absolute Gasteiger partial charge is 0.237 e. The first-order chi connectivity index (χ1) is 24.9. The third-order valence-electron chi connectivity index (χ3n) is 10.2. The second-order valence-corrected chi connectivity index (χ2v) is 14.4. The zero-order valence-electron chi connectivity index (χ0n) is 29.9. The lowest BCUT2D eigenvalue weighted by atomic mass is 9.86. The first-order valence-electron chi connectivity index (χ1n) is 17.2. The molecule has 0 N–H and O–H groups in total. The van der Waals surface area contributed by atoms with Gasteiger partial charge in [-0.2, -0.15) is 0 Å². The predicted octanol–water partition coefficient (Wildman–Crippen LogP) is 7.39. The number of aromatic nitrogens is 4. The van der Waals surface area contributed by atoms with Gasteiger partial charge in [0.25, 0.3) is 0 Å². The number of fused-ring (bicyclic) bond motifs is 2. The lowest BCUT2D eigenvalue weighted by Gasteiger charge is -2.35. The number of nitrogens with zero attached hydrogens (tertiary/aromatic N) is 6. The van der Waals surface area contributed by atoms with Crippen LogP contribution >= 0.6 is 0 Å². The first kappa shape index (κ1) is 33.2. The van der Waals surface area contributed by atoms with Gasteiger partial charge in [-0.1, -0.05) is 24.3 Å². The Morgan fingerprint density at radius 3 is 1.88 bits per heavy atom. The molecule has 2 aromatic carbocycles. The van der Waals surface area contributed by atoms with Crippen LogP contribution in [0.25, 0.3) is 45.6 Å². The fourth-order valence-electron chi connectivity index (χ4n) is 7.06. The molecule has 3 aliphatic rings. The summed E-state index contributed by atoms with van der Waals surface area (Å²) in [6, 6.07) is 19.7. The molecular formula is C41H38N6O5. The molecule has 0 bridgehead atoms. The van der Waals surface area contributed by atoms with Crippen molar-refractivity contribution in [3.8, 4) is 45.6 Å². The summed E-state index contributed by atoms with van der Waals surface area (Å²) in [4.78, 5) is 46.1. The Labute approximate surface area is 301 Å². The van der Waals surface area contributed by atoms with Gasteiger partial charge >= 0.3 is 0 Å². The van der Waals surface area contributed by atoms with Crippen molar-refractivity contribution in [2.45, 2.75) is 51.5 Å². The van der Waals surface area contributed by atoms with Gasteiger partial charge in [0, 0.05) is 59.4 Å². The molecule has 0 saturated carbocycles. The monoisotopic (exact) mass is 694 g/mol. The van der Waals surface area contributed by atoms with Gasteiger partial charge in [-0.15, -0.1) is 0 Å². The number of carbonyl (C=O) groups is 2. The van der Waals surface area contributed by atoms with E-state index in [9.17, 15) is 9.59 Å². The van der Waals surface area contributed by atoms with Crippen LogP contribution in [-0.2, 0) is 25.2 Å². The molecule has 9 rings (SSSR count). The van der Waals surface area contributed by atoms with Crippen LogP contribution in [0, 0.1) is 6.92 Å². The summed E-state index contributed by atoms with van der Waals surface area (Å²) in [6.07, 6.45) is 8.60. The number of rotatable bonds is 5. The molecule has 0 aliphatic carbocycles. The molecule has 0 unspecified atom stereocenters. The summed E-state index contributed by atoms with van der Waals surface area (Å²) in [5.74, 6) is 2.66. The number of aryl methyl sites for hydroxylation is 1. The highest BCUT2D eigenvalue weighted by atomic mass is 16.5. The van der Waals surface area contributed by atoms with E-state index in [1.54, 1.807) is 35.9 Å². The third-order valence-corrected chi connectivity index (χ3v) is 10.2. The molecule has 3 aliphatic heterocycles. The number of hydrogen-bond acceptors (Lipinski definition) is 9. The minimum Gasteiger partial charge on any atom is -0.436 e. The van der Waals surface area contributed by atoms with Crippen LogP contribution in [-0.4, -0.2) is 58.1 Å². The molecule has 2 amide bonds. The van der Waals surface area contributed by atoms with Crippen LogP contribution in [0.2, 0.25) is 0 Å². The number of benzene rings is 2. The maximum Gasteiger partial charge on any atom is 0.237 e. The van der Waals surface area contributed by atoms with Crippen molar-refractivity contribution >= 4 is 23.2 Å². The van der Waals surface area contributed by atoms with Crippen LogP contribution in [0.4, 0.5) is 11.4 Å². The van der Waals surface area contributed by atoms with Crippen molar-refractivity contribution in [1.29, 1.82) is 0 Å². The van der Waals surface area contributed by atoms with Crippen molar-refractivity contribution < 1.29 is 23.2 Å². The lowest BCUT2D eigenvalue weighted by Crippen LogP contribution is -2.52. The molecule has 11 nitrogen and oxygen atoms in total. The molecule has 1 fully saturated rings. The number of carbonyl (C=O) groups excluding carboxylic acids is 2. The topological polar surface area (TPSA) is 128 Å². The Hall–Kier alpha value is -5.94. The highest BCUT2D eigenvalue weighted by Crippen LogP contribution is 2.46. The average molecular weight is 695 g/mol. The van der Waals surface area contributed by atoms with Crippen LogP contribution in [0.3, 0.4) is 0 Å². The van der Waals surface area contributed by atoms with Gasteiger partial charge in [0.1, 0.15) is 0 Å². The summed E-state index contributed by atoms with van der Waals surface area (Å²) in [5, 5.41) is 0. The molecule has 7 heterocycles. The molecule has 0 spiro atoms. The number of anilines is 2. The predicted molar refractivity (Wildman–Crippen MR) is 197 cm³/mol. The SMILES string of the molecule is CC1(C)C(=O)N(C2COC2)c2cc(-c3cnc(-c4cccnc4)o3)ccc21.Cc1cc(-c2ncc(-c3ccc4c(c3)N(C)C(=O)C4(C)C)o2)ccn1. The summed E-state index contributed by atoms with van der Waals surface area (Å²) in [5.41, 5.74) is 7.34. The fourth-order valence-corrected chi connectivity index (χ4v) is 7.06. The van der Waals surface area contributed by atoms with Gasteiger partial charge in [0.15, 0.2) is 11.5 Å². The molecule has 6 aromatic rings. The summed E-state index contributed by atoms with van der Waals surface area (Å²) in [7, 11) is 1.81. The minimum atomic E-state index is -0.536. The molecule has 0 atom stereocenters. The van der Waals surface area contributed by atoms with Crippen molar-refractivity contribution in [2.24, 2.45) is 0 Å². The number of ether oxygens (including phenoxy) is 1. The van der Waals surface area contributed by atoms with Gasteiger partial charge in [0.05, 0.1) is 48.0 Å². The highest BCUT2D eigenvalue weighted by molar-refractivity contribution is 6.09. The van der Waals surface area contributed by atoms with E-state index in [0.29, 0.717) is 36.5 Å². The van der Waals surface area contributed by atoms with E-state index in [0.717, 1.165) is 50.4 Å². The highest BCUT2D eigenvalue weighted by Gasteiger charge is 2.48. The van der Waals surface area contributed by atoms with Crippen LogP contribution in [0.15, 0.2) is 100 Å². The Kier molecular flexibility index (Phi) is 7.91. The standard InChI is InChI=1S/C21H19N3O3.C20H19N3O2/c1-21(2)16-6-5-13(8-17(16)24(20(21)25)15-11-26-12-15)18-10-23-19(27-18)14-4-3-7-22-9-14;1-12-9-14(7-8-21-12)18-22-11-17(25-18)13-5-6-15-16(10-13)23(4)19(24)20(15,2)3/h3-10,15H,11-12H2,1-2H3;5-11H,1-4H3. The number of pyridine rings is 2. The van der Waals surface area contributed by atoms with E-state index in [2.05, 4.69) is 19.9 Å². The zero-order valence-corrected chi connectivity index (χ0v) is 29.9. The van der Waals surface area contributed by atoms with E-state index in [1.807, 2.05) is 107 Å². The molecule has 11 heteroatoms. The van der Waals surface area contributed by atoms with E-state index in [1.165, 1.54) is 0 Å². The lowest BCUT2D eigenvalue weighted by molar-refractivity contribution is -0.124. The second kappa shape index (κ2) is 12.4.